The smallest absolute Gasteiger partial charge is 0.229 e. The van der Waals surface area contributed by atoms with Crippen molar-refractivity contribution in [3.05, 3.63) is 0 Å². The average molecular weight is 266 g/mol. The molecule has 3 aliphatic rings. The lowest BCUT2D eigenvalue weighted by Gasteiger charge is -2.45. The Hall–Kier alpha value is -0.610. The molecule has 2 heterocycles. The van der Waals surface area contributed by atoms with E-state index in [9.17, 15) is 4.79 Å². The van der Waals surface area contributed by atoms with E-state index in [1.807, 2.05) is 0 Å². The molecule has 0 aromatic rings. The van der Waals surface area contributed by atoms with Gasteiger partial charge in [-0.05, 0) is 45.1 Å². The maximum atomic E-state index is 13.1. The maximum absolute atomic E-state index is 13.1. The van der Waals surface area contributed by atoms with Crippen LogP contribution in [0.3, 0.4) is 0 Å². The minimum absolute atomic E-state index is 0.0822. The molecule has 2 aliphatic heterocycles. The van der Waals surface area contributed by atoms with Gasteiger partial charge >= 0.3 is 0 Å². The van der Waals surface area contributed by atoms with Gasteiger partial charge in [-0.3, -0.25) is 4.79 Å². The zero-order valence-corrected chi connectivity index (χ0v) is 12.0. The van der Waals surface area contributed by atoms with E-state index >= 15 is 0 Å². The molecule has 0 radical (unpaired) electrons. The summed E-state index contributed by atoms with van der Waals surface area (Å²) in [7, 11) is 1.73. The molecule has 0 spiro atoms. The molecule has 0 aromatic carbocycles. The Labute approximate surface area is 115 Å². The predicted octanol–water partition coefficient (Wildman–Crippen LogP) is 1.55. The number of hydrogen-bond donors (Lipinski definition) is 1. The van der Waals surface area contributed by atoms with Crippen molar-refractivity contribution in [3.8, 4) is 0 Å². The van der Waals surface area contributed by atoms with Crippen molar-refractivity contribution in [1.29, 1.82) is 0 Å². The van der Waals surface area contributed by atoms with Crippen molar-refractivity contribution < 1.29 is 9.53 Å². The summed E-state index contributed by atoms with van der Waals surface area (Å²) in [6.45, 7) is 2.77. The summed E-state index contributed by atoms with van der Waals surface area (Å²) in [5.74, 6) is 0.437. The average Bonchev–Trinajstić information content (AvgIpc) is 2.61. The Morgan fingerprint density at radius 3 is 2.79 bits per heavy atom. The first-order chi connectivity index (χ1) is 9.27. The van der Waals surface area contributed by atoms with Crippen LogP contribution in [0.5, 0.6) is 0 Å². The maximum Gasteiger partial charge on any atom is 0.229 e. The molecule has 2 bridgehead atoms. The molecule has 3 rings (SSSR count). The number of fused-ring (bicyclic) bond motifs is 2. The van der Waals surface area contributed by atoms with Gasteiger partial charge in [0.2, 0.25) is 5.91 Å². The van der Waals surface area contributed by atoms with Crippen LogP contribution in [0.15, 0.2) is 0 Å². The van der Waals surface area contributed by atoms with Crippen LogP contribution in [0.4, 0.5) is 0 Å². The molecule has 4 heteroatoms. The highest BCUT2D eigenvalue weighted by atomic mass is 16.5. The quantitative estimate of drug-likeness (QED) is 0.839. The van der Waals surface area contributed by atoms with Crippen molar-refractivity contribution in [1.82, 2.24) is 10.2 Å². The minimum atomic E-state index is -0.0822. The van der Waals surface area contributed by atoms with Crippen LogP contribution in [0.25, 0.3) is 0 Å². The molecule has 2 atom stereocenters. The number of hydrogen-bond acceptors (Lipinski definition) is 3. The van der Waals surface area contributed by atoms with Crippen LogP contribution >= 0.6 is 0 Å². The van der Waals surface area contributed by atoms with Crippen molar-refractivity contribution in [2.45, 2.75) is 57.0 Å². The van der Waals surface area contributed by atoms with E-state index in [1.54, 1.807) is 7.11 Å². The summed E-state index contributed by atoms with van der Waals surface area (Å²) in [5.41, 5.74) is -0.0822. The van der Waals surface area contributed by atoms with Crippen molar-refractivity contribution in [2.24, 2.45) is 5.41 Å². The van der Waals surface area contributed by atoms with E-state index < -0.39 is 0 Å². The fourth-order valence-corrected chi connectivity index (χ4v) is 4.06. The zero-order valence-electron chi connectivity index (χ0n) is 12.0. The summed E-state index contributed by atoms with van der Waals surface area (Å²) in [4.78, 5) is 15.3. The van der Waals surface area contributed by atoms with Gasteiger partial charge in [-0.25, -0.2) is 0 Å². The second-order valence-corrected chi connectivity index (χ2v) is 6.47. The number of methoxy groups -OCH3 is 1. The highest BCUT2D eigenvalue weighted by Crippen LogP contribution is 2.47. The van der Waals surface area contributed by atoms with Crippen molar-refractivity contribution in [3.63, 3.8) is 0 Å². The van der Waals surface area contributed by atoms with Crippen molar-refractivity contribution >= 4 is 5.91 Å². The summed E-state index contributed by atoms with van der Waals surface area (Å²) >= 11 is 0. The number of carbonyl (C=O) groups excluding carboxylic acids is 1. The molecular weight excluding hydrogens is 240 g/mol. The van der Waals surface area contributed by atoms with Gasteiger partial charge < -0.3 is 15.0 Å². The first kappa shape index (κ1) is 13.4. The van der Waals surface area contributed by atoms with Crippen LogP contribution in [-0.2, 0) is 9.53 Å². The number of amides is 1. The van der Waals surface area contributed by atoms with E-state index in [0.717, 1.165) is 38.8 Å². The Morgan fingerprint density at radius 2 is 2.11 bits per heavy atom. The second kappa shape index (κ2) is 5.41. The molecule has 19 heavy (non-hydrogen) atoms. The van der Waals surface area contributed by atoms with Gasteiger partial charge in [0.25, 0.3) is 0 Å². The van der Waals surface area contributed by atoms with Gasteiger partial charge in [-0.15, -0.1) is 0 Å². The first-order valence-corrected chi connectivity index (χ1v) is 7.79. The Morgan fingerprint density at radius 1 is 1.32 bits per heavy atom. The van der Waals surface area contributed by atoms with Crippen LogP contribution in [0.2, 0.25) is 0 Å². The molecule has 2 saturated heterocycles. The highest BCUT2D eigenvalue weighted by Gasteiger charge is 2.50. The van der Waals surface area contributed by atoms with Gasteiger partial charge in [0.05, 0.1) is 5.41 Å². The molecule has 2 unspecified atom stereocenters. The van der Waals surface area contributed by atoms with Gasteiger partial charge in [0.15, 0.2) is 0 Å². The summed E-state index contributed by atoms with van der Waals surface area (Å²) < 4.78 is 5.22. The molecule has 3 fully saturated rings. The summed E-state index contributed by atoms with van der Waals surface area (Å²) in [6, 6.07) is 0.938. The lowest BCUT2D eigenvalue weighted by molar-refractivity contribution is -0.152. The van der Waals surface area contributed by atoms with E-state index in [-0.39, 0.29) is 5.41 Å². The Bertz CT molecular complexity index is 327. The van der Waals surface area contributed by atoms with E-state index in [0.29, 0.717) is 24.6 Å². The lowest BCUT2D eigenvalue weighted by atomic mass is 9.65. The highest BCUT2D eigenvalue weighted by molar-refractivity contribution is 5.84. The molecule has 4 nitrogen and oxygen atoms in total. The predicted molar refractivity (Wildman–Crippen MR) is 73.9 cm³/mol. The summed E-state index contributed by atoms with van der Waals surface area (Å²) in [5, 5.41) is 3.48. The number of nitrogens with one attached hydrogen (secondary N) is 1. The molecular formula is C15H26N2O2. The largest absolute Gasteiger partial charge is 0.385 e. The van der Waals surface area contributed by atoms with E-state index in [2.05, 4.69) is 10.2 Å². The van der Waals surface area contributed by atoms with Crippen LogP contribution in [0, 0.1) is 5.41 Å². The van der Waals surface area contributed by atoms with Gasteiger partial charge in [-0.2, -0.15) is 0 Å². The molecule has 0 aromatic heterocycles. The van der Waals surface area contributed by atoms with Gasteiger partial charge in [0, 0.05) is 32.3 Å². The molecule has 108 valence electrons. The Kier molecular flexibility index (Phi) is 3.81. The van der Waals surface area contributed by atoms with Crippen molar-refractivity contribution in [2.75, 3.05) is 26.8 Å². The Balaban J connectivity index is 1.74. The van der Waals surface area contributed by atoms with Crippen LogP contribution in [0.1, 0.15) is 44.9 Å². The van der Waals surface area contributed by atoms with Crippen LogP contribution in [-0.4, -0.2) is 49.7 Å². The number of rotatable bonds is 4. The lowest BCUT2D eigenvalue weighted by Crippen LogP contribution is -2.53. The molecule has 1 N–H and O–H groups in total. The first-order valence-electron chi connectivity index (χ1n) is 7.79. The van der Waals surface area contributed by atoms with Gasteiger partial charge in [0.1, 0.15) is 0 Å². The monoisotopic (exact) mass is 266 g/mol. The third-order valence-electron chi connectivity index (χ3n) is 5.44. The topological polar surface area (TPSA) is 41.6 Å². The molecule has 1 saturated carbocycles. The third-order valence-corrected chi connectivity index (χ3v) is 5.44. The standard InChI is InChI=1S/C15H26N2O2/c1-19-10-8-15(6-2-7-15)14(18)17-12-3-4-13(17)11-16-9-5-12/h12-13,16H,2-11H2,1H3. The fraction of sp³-hybridized carbons (Fsp3) is 0.933. The normalized spacial score (nSPS) is 32.8. The molecule has 1 aliphatic carbocycles. The van der Waals surface area contributed by atoms with Gasteiger partial charge in [-0.1, -0.05) is 6.42 Å². The van der Waals surface area contributed by atoms with E-state index in [1.165, 1.54) is 19.3 Å². The number of ether oxygens (including phenoxy) is 1. The van der Waals surface area contributed by atoms with Crippen LogP contribution < -0.4 is 5.32 Å². The number of nitrogens with zero attached hydrogens (tertiary/aromatic N) is 1. The third kappa shape index (κ3) is 2.29. The SMILES string of the molecule is COCCC1(C(=O)N2C3CCNCC2CC3)CCC1. The summed E-state index contributed by atoms with van der Waals surface area (Å²) in [6.07, 6.45) is 7.77. The van der Waals surface area contributed by atoms with E-state index in [4.69, 9.17) is 4.74 Å². The minimum Gasteiger partial charge on any atom is -0.385 e. The fourth-order valence-electron chi connectivity index (χ4n) is 4.06. The molecule has 1 amide bonds. The number of carbonyl (C=O) groups is 1. The second-order valence-electron chi connectivity index (χ2n) is 6.47. The zero-order chi connectivity index (χ0) is 13.3.